The highest BCUT2D eigenvalue weighted by Gasteiger charge is 2.34. The van der Waals surface area contributed by atoms with Crippen LogP contribution in [-0.4, -0.2) is 52.4 Å². The molecule has 4 rings (SSSR count). The molecule has 10 heteroatoms. The number of piperidine rings is 1. The number of benzene rings is 2. The van der Waals surface area contributed by atoms with Crippen LogP contribution in [0.2, 0.25) is 0 Å². The molecule has 1 amide bonds. The predicted molar refractivity (Wildman–Crippen MR) is 143 cm³/mol. The lowest BCUT2D eigenvalue weighted by atomic mass is 9.95. The van der Waals surface area contributed by atoms with Crippen LogP contribution in [0.4, 0.5) is 17.6 Å². The van der Waals surface area contributed by atoms with E-state index in [1.54, 1.807) is 41.1 Å². The second kappa shape index (κ2) is 12.7. The summed E-state index contributed by atoms with van der Waals surface area (Å²) in [4.78, 5) is 27.1. The summed E-state index contributed by atoms with van der Waals surface area (Å²) in [6.07, 6.45) is 0.140. The van der Waals surface area contributed by atoms with Gasteiger partial charge in [-0.05, 0) is 62.3 Å². The minimum absolute atomic E-state index is 0.169. The Morgan fingerprint density at radius 2 is 1.88 bits per heavy atom. The maximum Gasteiger partial charge on any atom is 0.389 e. The molecule has 0 N–H and O–H groups in total. The van der Waals surface area contributed by atoms with Gasteiger partial charge in [0, 0.05) is 24.6 Å². The van der Waals surface area contributed by atoms with Crippen molar-refractivity contribution in [2.45, 2.75) is 70.5 Å². The maximum atomic E-state index is 15.9. The predicted octanol–water partition coefficient (Wildman–Crippen LogP) is 7.14. The fourth-order valence-electron chi connectivity index (χ4n) is 5.24. The number of unbranched alkanes of at least 4 members (excludes halogenated alkanes) is 1. The number of carbonyl (C=O) groups is 2. The maximum absolute atomic E-state index is 15.9. The summed E-state index contributed by atoms with van der Waals surface area (Å²) in [5.74, 6) is -1.82. The summed E-state index contributed by atoms with van der Waals surface area (Å²) in [7, 11) is 1.31. The van der Waals surface area contributed by atoms with E-state index in [1.807, 2.05) is 6.92 Å². The van der Waals surface area contributed by atoms with E-state index in [9.17, 15) is 22.8 Å². The zero-order valence-electron chi connectivity index (χ0n) is 22.6. The van der Waals surface area contributed by atoms with Gasteiger partial charge in [0.25, 0.3) is 5.91 Å². The van der Waals surface area contributed by atoms with Gasteiger partial charge in [0.1, 0.15) is 11.4 Å². The van der Waals surface area contributed by atoms with Crippen molar-refractivity contribution in [1.82, 2.24) is 14.7 Å². The molecule has 1 aromatic heterocycles. The number of alkyl halides is 3. The minimum Gasteiger partial charge on any atom is -0.465 e. The smallest absolute Gasteiger partial charge is 0.389 e. The molecule has 1 aliphatic rings. The van der Waals surface area contributed by atoms with Crippen molar-refractivity contribution >= 4 is 11.9 Å². The Bertz CT molecular complexity index is 1350. The molecule has 214 valence electrons. The number of ether oxygens (including phenoxy) is 1. The van der Waals surface area contributed by atoms with Crippen molar-refractivity contribution < 1.29 is 31.9 Å². The van der Waals surface area contributed by atoms with E-state index < -0.39 is 36.3 Å². The number of methoxy groups -OCH3 is 1. The molecule has 1 aliphatic heterocycles. The number of esters is 1. The first kappa shape index (κ1) is 29.3. The molecule has 40 heavy (non-hydrogen) atoms. The molecule has 1 unspecified atom stereocenters. The third kappa shape index (κ3) is 6.54. The van der Waals surface area contributed by atoms with E-state index in [1.165, 1.54) is 24.3 Å². The molecule has 6 nitrogen and oxygen atoms in total. The molecule has 1 saturated heterocycles. The van der Waals surface area contributed by atoms with Gasteiger partial charge in [-0.2, -0.15) is 18.3 Å². The van der Waals surface area contributed by atoms with E-state index in [0.717, 1.165) is 19.3 Å². The molecule has 3 aromatic rings. The number of nitrogens with zero attached hydrogens (tertiary/aromatic N) is 3. The van der Waals surface area contributed by atoms with E-state index in [4.69, 9.17) is 4.74 Å². The zero-order valence-corrected chi connectivity index (χ0v) is 22.6. The van der Waals surface area contributed by atoms with Crippen molar-refractivity contribution in [3.63, 3.8) is 0 Å². The molecule has 0 aliphatic carbocycles. The van der Waals surface area contributed by atoms with Crippen LogP contribution in [0.15, 0.2) is 48.7 Å². The third-order valence-electron chi connectivity index (χ3n) is 7.32. The standard InChI is InChI=1S/C30H33F4N3O3/c1-3-4-14-26-25(29(39)40-2)19-35-37(26)22-11-7-9-20(18-22)23-12-8-13-24(27(23)31)28(38)36-17-6-5-10-21(36)15-16-30(32,33)34/h7-9,11-13,18-19,21H,3-6,10,14-17H2,1-2H3. The van der Waals surface area contributed by atoms with Gasteiger partial charge in [-0.25, -0.2) is 13.9 Å². The normalized spacial score (nSPS) is 15.8. The number of aromatic nitrogens is 2. The van der Waals surface area contributed by atoms with Crippen LogP contribution >= 0.6 is 0 Å². The molecule has 0 bridgehead atoms. The number of amides is 1. The van der Waals surface area contributed by atoms with Crippen molar-refractivity contribution in [2.24, 2.45) is 0 Å². The highest BCUT2D eigenvalue weighted by atomic mass is 19.4. The highest BCUT2D eigenvalue weighted by molar-refractivity contribution is 5.96. The average molecular weight is 560 g/mol. The van der Waals surface area contributed by atoms with Gasteiger partial charge in [-0.3, -0.25) is 4.79 Å². The van der Waals surface area contributed by atoms with Crippen LogP contribution in [0.5, 0.6) is 0 Å². The molecule has 0 saturated carbocycles. The number of halogens is 4. The molecular weight excluding hydrogens is 526 g/mol. The molecule has 1 fully saturated rings. The zero-order chi connectivity index (χ0) is 28.9. The fraction of sp³-hybridized carbons (Fsp3) is 0.433. The second-order valence-electron chi connectivity index (χ2n) is 10.0. The number of carbonyl (C=O) groups excluding carboxylic acids is 2. The summed E-state index contributed by atoms with van der Waals surface area (Å²) in [5, 5.41) is 4.40. The van der Waals surface area contributed by atoms with Gasteiger partial charge in [-0.15, -0.1) is 0 Å². The lowest BCUT2D eigenvalue weighted by Gasteiger charge is -2.36. The molecule has 0 radical (unpaired) electrons. The quantitative estimate of drug-likeness (QED) is 0.206. The highest BCUT2D eigenvalue weighted by Crippen LogP contribution is 2.32. The van der Waals surface area contributed by atoms with Gasteiger partial charge in [0.2, 0.25) is 0 Å². The van der Waals surface area contributed by atoms with Crippen LogP contribution in [0.3, 0.4) is 0 Å². The number of hydrogen-bond acceptors (Lipinski definition) is 4. The third-order valence-corrected chi connectivity index (χ3v) is 7.32. The van der Waals surface area contributed by atoms with Crippen molar-refractivity contribution in [3.05, 3.63) is 71.3 Å². The first-order chi connectivity index (χ1) is 19.1. The SMILES string of the molecule is CCCCc1c(C(=O)OC)cnn1-c1cccc(-c2cccc(C(=O)N3CCCCC3CCC(F)(F)F)c2F)c1. The van der Waals surface area contributed by atoms with Gasteiger partial charge < -0.3 is 9.64 Å². The van der Waals surface area contributed by atoms with Crippen LogP contribution in [0.25, 0.3) is 16.8 Å². The number of rotatable bonds is 9. The largest absolute Gasteiger partial charge is 0.465 e. The summed E-state index contributed by atoms with van der Waals surface area (Å²) >= 11 is 0. The van der Waals surface area contributed by atoms with E-state index >= 15 is 4.39 Å². The average Bonchev–Trinajstić information content (AvgIpc) is 3.38. The first-order valence-corrected chi connectivity index (χ1v) is 13.6. The van der Waals surface area contributed by atoms with E-state index in [-0.39, 0.29) is 17.5 Å². The number of hydrogen-bond donors (Lipinski definition) is 0. The van der Waals surface area contributed by atoms with Gasteiger partial charge in [-0.1, -0.05) is 37.6 Å². The molecular formula is C30H33F4N3O3. The van der Waals surface area contributed by atoms with Crippen LogP contribution in [-0.2, 0) is 11.2 Å². The Hall–Kier alpha value is -3.69. The lowest BCUT2D eigenvalue weighted by molar-refractivity contribution is -0.138. The van der Waals surface area contributed by atoms with Gasteiger partial charge >= 0.3 is 12.1 Å². The fourth-order valence-corrected chi connectivity index (χ4v) is 5.24. The molecule has 1 atom stereocenters. The Morgan fingerprint density at radius 1 is 1.10 bits per heavy atom. The minimum atomic E-state index is -4.31. The number of likely N-dealkylation sites (tertiary alicyclic amines) is 1. The molecule has 2 aromatic carbocycles. The van der Waals surface area contributed by atoms with E-state index in [0.29, 0.717) is 48.3 Å². The molecule has 2 heterocycles. The second-order valence-corrected chi connectivity index (χ2v) is 10.0. The summed E-state index contributed by atoms with van der Waals surface area (Å²) < 4.78 is 61.1. The van der Waals surface area contributed by atoms with Crippen molar-refractivity contribution in [3.8, 4) is 16.8 Å². The first-order valence-electron chi connectivity index (χ1n) is 13.6. The van der Waals surface area contributed by atoms with Gasteiger partial charge in [0.05, 0.1) is 30.3 Å². The van der Waals surface area contributed by atoms with Crippen LogP contribution in [0.1, 0.15) is 78.3 Å². The van der Waals surface area contributed by atoms with E-state index in [2.05, 4.69) is 5.10 Å². The summed E-state index contributed by atoms with van der Waals surface area (Å²) in [6, 6.07) is 10.9. The monoisotopic (exact) mass is 559 g/mol. The Balaban J connectivity index is 1.66. The Morgan fingerprint density at radius 3 is 2.60 bits per heavy atom. The summed E-state index contributed by atoms with van der Waals surface area (Å²) in [6.45, 7) is 2.33. The van der Waals surface area contributed by atoms with Gasteiger partial charge in [0.15, 0.2) is 0 Å². The summed E-state index contributed by atoms with van der Waals surface area (Å²) in [5.41, 5.74) is 2.17. The topological polar surface area (TPSA) is 64.4 Å². The van der Waals surface area contributed by atoms with Crippen molar-refractivity contribution in [1.29, 1.82) is 0 Å². The Kier molecular flexibility index (Phi) is 9.27. The molecule has 0 spiro atoms. The van der Waals surface area contributed by atoms with Crippen LogP contribution < -0.4 is 0 Å². The lowest BCUT2D eigenvalue weighted by Crippen LogP contribution is -2.44. The van der Waals surface area contributed by atoms with Crippen LogP contribution in [0, 0.1) is 5.82 Å². The van der Waals surface area contributed by atoms with Crippen molar-refractivity contribution in [2.75, 3.05) is 13.7 Å². The Labute approximate surface area is 230 Å².